The lowest BCUT2D eigenvalue weighted by Crippen LogP contribution is -2.31. The summed E-state index contributed by atoms with van der Waals surface area (Å²) in [5.41, 5.74) is 5.47. The zero-order valence-corrected chi connectivity index (χ0v) is 29.4. The van der Waals surface area contributed by atoms with Crippen LogP contribution in [0.4, 0.5) is 0 Å². The van der Waals surface area contributed by atoms with Gasteiger partial charge in [0.15, 0.2) is 0 Å². The smallest absolute Gasteiger partial charge is 0.00772 e. The van der Waals surface area contributed by atoms with Gasteiger partial charge in [0.05, 0.1) is 0 Å². The van der Waals surface area contributed by atoms with E-state index in [2.05, 4.69) is 17.6 Å². The Morgan fingerprint density at radius 2 is 0.476 bits per heavy atom. The zero-order chi connectivity index (χ0) is 30.3. The standard InChI is InChI=1S/C39H83N3/c1-2-3-4-5-6-7-8-9-10-11-12-13-14-15-16-17-18-19-20-21-22-23-24-25-26-27-28-29-30-31-32-33-34-36-41-38-39-42-37-35-40/h41-42H,2-40H2,1H3. The van der Waals surface area contributed by atoms with Crippen LogP contribution < -0.4 is 16.4 Å². The van der Waals surface area contributed by atoms with Crippen molar-refractivity contribution in [2.75, 3.05) is 32.7 Å². The Kier molecular flexibility index (Phi) is 40.8. The van der Waals surface area contributed by atoms with Gasteiger partial charge < -0.3 is 16.4 Å². The molecule has 4 N–H and O–H groups in total. The first kappa shape index (κ1) is 41.9. The molecule has 0 heterocycles. The molecule has 3 heteroatoms. The zero-order valence-electron chi connectivity index (χ0n) is 29.4. The molecule has 0 aromatic rings. The van der Waals surface area contributed by atoms with Gasteiger partial charge in [-0.2, -0.15) is 0 Å². The molecule has 0 fully saturated rings. The van der Waals surface area contributed by atoms with Crippen LogP contribution in [-0.2, 0) is 0 Å². The summed E-state index contributed by atoms with van der Waals surface area (Å²) in [7, 11) is 0. The number of nitrogens with two attached hydrogens (primary N) is 1. The predicted octanol–water partition coefficient (Wildman–Crippen LogP) is 12.0. The number of hydrogen-bond donors (Lipinski definition) is 3. The molecule has 0 aromatic heterocycles. The molecule has 3 nitrogen and oxygen atoms in total. The average Bonchev–Trinajstić information content (AvgIpc) is 3.00. The van der Waals surface area contributed by atoms with Gasteiger partial charge in [0.2, 0.25) is 0 Å². The highest BCUT2D eigenvalue weighted by Gasteiger charge is 1.97. The second-order valence-electron chi connectivity index (χ2n) is 13.6. The van der Waals surface area contributed by atoms with Crippen molar-refractivity contribution in [1.29, 1.82) is 0 Å². The van der Waals surface area contributed by atoms with Crippen LogP contribution in [0.2, 0.25) is 0 Å². The van der Waals surface area contributed by atoms with Crippen LogP contribution in [0.15, 0.2) is 0 Å². The highest BCUT2D eigenvalue weighted by molar-refractivity contribution is 4.55. The maximum atomic E-state index is 5.47. The Labute approximate surface area is 267 Å². The third-order valence-corrected chi connectivity index (χ3v) is 9.26. The molecule has 254 valence electrons. The first-order valence-electron chi connectivity index (χ1n) is 20.0. The van der Waals surface area contributed by atoms with Crippen molar-refractivity contribution in [3.63, 3.8) is 0 Å². The summed E-state index contributed by atoms with van der Waals surface area (Å²) < 4.78 is 0. The van der Waals surface area contributed by atoms with E-state index in [-0.39, 0.29) is 0 Å². The highest BCUT2D eigenvalue weighted by Crippen LogP contribution is 2.16. The predicted molar refractivity (Wildman–Crippen MR) is 193 cm³/mol. The number of rotatable bonds is 39. The molecule has 0 aliphatic carbocycles. The summed E-state index contributed by atoms with van der Waals surface area (Å²) in [4.78, 5) is 0. The summed E-state index contributed by atoms with van der Waals surface area (Å²) in [6, 6.07) is 0. The minimum Gasteiger partial charge on any atom is -0.329 e. The normalized spacial score (nSPS) is 11.6. The quantitative estimate of drug-likeness (QED) is 0.0621. The Morgan fingerprint density at radius 1 is 0.262 bits per heavy atom. The van der Waals surface area contributed by atoms with Crippen LogP contribution >= 0.6 is 0 Å². The maximum Gasteiger partial charge on any atom is 0.00772 e. The van der Waals surface area contributed by atoms with E-state index in [1.165, 1.54) is 218 Å². The first-order chi connectivity index (χ1) is 20.9. The van der Waals surface area contributed by atoms with Crippen molar-refractivity contribution in [3.05, 3.63) is 0 Å². The van der Waals surface area contributed by atoms with Gasteiger partial charge >= 0.3 is 0 Å². The molecule has 0 saturated carbocycles. The molecule has 0 saturated heterocycles. The lowest BCUT2D eigenvalue weighted by Gasteiger charge is -2.06. The molecular formula is C39H83N3. The molecule has 0 bridgehead atoms. The molecule has 0 unspecified atom stereocenters. The second kappa shape index (κ2) is 40.9. The van der Waals surface area contributed by atoms with Crippen molar-refractivity contribution < 1.29 is 0 Å². The van der Waals surface area contributed by atoms with E-state index in [1.54, 1.807) is 0 Å². The molecule has 0 aliphatic heterocycles. The van der Waals surface area contributed by atoms with E-state index in [1.807, 2.05) is 0 Å². The van der Waals surface area contributed by atoms with Gasteiger partial charge in [0.1, 0.15) is 0 Å². The number of nitrogens with one attached hydrogen (secondary N) is 2. The largest absolute Gasteiger partial charge is 0.329 e. The van der Waals surface area contributed by atoms with Crippen molar-refractivity contribution in [3.8, 4) is 0 Å². The summed E-state index contributed by atoms with van der Waals surface area (Å²) in [6.45, 7) is 7.25. The minimum atomic E-state index is 0.736. The van der Waals surface area contributed by atoms with E-state index < -0.39 is 0 Å². The third-order valence-electron chi connectivity index (χ3n) is 9.26. The minimum absolute atomic E-state index is 0.736. The summed E-state index contributed by atoms with van der Waals surface area (Å²) in [5.74, 6) is 0. The van der Waals surface area contributed by atoms with Crippen molar-refractivity contribution >= 4 is 0 Å². The van der Waals surface area contributed by atoms with Crippen LogP contribution in [0.1, 0.15) is 219 Å². The fourth-order valence-corrected chi connectivity index (χ4v) is 6.33. The van der Waals surface area contributed by atoms with Gasteiger partial charge in [-0.3, -0.25) is 0 Å². The molecule has 0 aromatic carbocycles. The third kappa shape index (κ3) is 39.9. The highest BCUT2D eigenvalue weighted by atomic mass is 14.9. The van der Waals surface area contributed by atoms with Crippen molar-refractivity contribution in [1.82, 2.24) is 10.6 Å². The van der Waals surface area contributed by atoms with Crippen LogP contribution in [-0.4, -0.2) is 32.7 Å². The summed E-state index contributed by atoms with van der Waals surface area (Å²) in [6.07, 6.45) is 48.4. The molecule has 0 atom stereocenters. The van der Waals surface area contributed by atoms with Crippen LogP contribution in [0.5, 0.6) is 0 Å². The van der Waals surface area contributed by atoms with E-state index in [4.69, 9.17) is 5.73 Å². The van der Waals surface area contributed by atoms with Gasteiger partial charge in [-0.15, -0.1) is 0 Å². The van der Waals surface area contributed by atoms with Gasteiger partial charge in [-0.1, -0.05) is 212 Å². The molecule has 42 heavy (non-hydrogen) atoms. The fourth-order valence-electron chi connectivity index (χ4n) is 6.33. The summed E-state index contributed by atoms with van der Waals surface area (Å²) in [5, 5.41) is 6.84. The van der Waals surface area contributed by atoms with Gasteiger partial charge in [-0.25, -0.2) is 0 Å². The average molecular weight is 594 g/mol. The van der Waals surface area contributed by atoms with Crippen LogP contribution in [0.3, 0.4) is 0 Å². The SMILES string of the molecule is CCCCCCCCCCCCCCCCCCCCCCCCCCCCCCCCCCCNCCNCCN. The lowest BCUT2D eigenvalue weighted by molar-refractivity contribution is 0.510. The van der Waals surface area contributed by atoms with Crippen LogP contribution in [0.25, 0.3) is 0 Å². The lowest BCUT2D eigenvalue weighted by atomic mass is 10.0. The van der Waals surface area contributed by atoms with Crippen molar-refractivity contribution in [2.24, 2.45) is 5.73 Å². The maximum absolute atomic E-state index is 5.47. The Hall–Kier alpha value is -0.120. The Bertz CT molecular complexity index is 401. The topological polar surface area (TPSA) is 50.1 Å². The number of hydrogen-bond acceptors (Lipinski definition) is 3. The molecule has 0 spiro atoms. The first-order valence-corrected chi connectivity index (χ1v) is 20.0. The second-order valence-corrected chi connectivity index (χ2v) is 13.6. The fraction of sp³-hybridized carbons (Fsp3) is 1.00. The van der Waals surface area contributed by atoms with Gasteiger partial charge in [-0.05, 0) is 13.0 Å². The molecule has 0 rings (SSSR count). The van der Waals surface area contributed by atoms with E-state index in [9.17, 15) is 0 Å². The molecular weight excluding hydrogens is 510 g/mol. The molecule has 0 aliphatic rings. The number of unbranched alkanes of at least 4 members (excludes halogenated alkanes) is 32. The van der Waals surface area contributed by atoms with E-state index >= 15 is 0 Å². The summed E-state index contributed by atoms with van der Waals surface area (Å²) >= 11 is 0. The van der Waals surface area contributed by atoms with E-state index in [0.717, 1.165) is 26.2 Å². The molecule has 0 radical (unpaired) electrons. The van der Waals surface area contributed by atoms with Gasteiger partial charge in [0, 0.05) is 26.2 Å². The van der Waals surface area contributed by atoms with E-state index in [0.29, 0.717) is 0 Å². The van der Waals surface area contributed by atoms with Gasteiger partial charge in [0.25, 0.3) is 0 Å². The van der Waals surface area contributed by atoms with Crippen LogP contribution in [0, 0.1) is 0 Å². The molecule has 0 amide bonds. The van der Waals surface area contributed by atoms with Crippen molar-refractivity contribution in [2.45, 2.75) is 219 Å². The Morgan fingerprint density at radius 3 is 0.714 bits per heavy atom. The Balaban J connectivity index is 3.02. The monoisotopic (exact) mass is 594 g/mol.